The van der Waals surface area contributed by atoms with Gasteiger partial charge in [0.2, 0.25) is 5.12 Å². The van der Waals surface area contributed by atoms with Crippen LogP contribution in [0.2, 0.25) is 0 Å². The summed E-state index contributed by atoms with van der Waals surface area (Å²) in [7, 11) is 0. The number of hydrogen-bond acceptors (Lipinski definition) is 3. The Labute approximate surface area is 123 Å². The third kappa shape index (κ3) is 3.19. The molecule has 2 aromatic rings. The summed E-state index contributed by atoms with van der Waals surface area (Å²) in [6.07, 6.45) is 0. The molecule has 0 saturated heterocycles. The van der Waals surface area contributed by atoms with E-state index in [-0.39, 0.29) is 5.12 Å². The normalized spacial score (nSPS) is 9.85. The molecule has 0 atom stereocenters. The van der Waals surface area contributed by atoms with Gasteiger partial charge in [0.15, 0.2) is 0 Å². The molecule has 0 unspecified atom stereocenters. The zero-order valence-corrected chi connectivity index (χ0v) is 11.9. The molecule has 2 rings (SSSR count). The van der Waals surface area contributed by atoms with Gasteiger partial charge in [-0.1, -0.05) is 18.2 Å². The Kier molecular flexibility index (Phi) is 4.44. The maximum absolute atomic E-state index is 11.3. The van der Waals surface area contributed by atoms with Crippen LogP contribution in [0.5, 0.6) is 5.75 Å². The van der Waals surface area contributed by atoms with E-state index in [0.29, 0.717) is 23.5 Å². The Hall–Kier alpha value is -2.25. The lowest BCUT2D eigenvalue weighted by atomic mass is 10.1. The summed E-state index contributed by atoms with van der Waals surface area (Å²) < 4.78 is 5.72. The molecule has 0 aromatic heterocycles. The highest BCUT2D eigenvalue weighted by Gasteiger charge is 2.09. The van der Waals surface area contributed by atoms with Gasteiger partial charge >= 0.3 is 0 Å². The lowest BCUT2D eigenvalue weighted by Gasteiger charge is -2.11. The molecule has 0 saturated carbocycles. The molecular formula is C16H13NO2S. The van der Waals surface area contributed by atoms with E-state index in [0.717, 1.165) is 11.1 Å². The van der Waals surface area contributed by atoms with E-state index >= 15 is 0 Å². The van der Waals surface area contributed by atoms with E-state index < -0.39 is 0 Å². The van der Waals surface area contributed by atoms with Crippen LogP contribution in [0.25, 0.3) is 0 Å². The standard InChI is InChI=1S/C16H13NO2S/c1-11-14(16(18)20)6-3-7-15(11)19-10-13-5-2-4-12(8-13)9-17/h2-8H,10H2,1H3,(H,18,20). The van der Waals surface area contributed by atoms with Crippen LogP contribution in [-0.4, -0.2) is 5.12 Å². The molecule has 4 heteroatoms. The van der Waals surface area contributed by atoms with Crippen molar-refractivity contribution in [1.82, 2.24) is 0 Å². The molecular weight excluding hydrogens is 270 g/mol. The van der Waals surface area contributed by atoms with Crippen LogP contribution in [0.3, 0.4) is 0 Å². The Morgan fingerprint density at radius 1 is 1.30 bits per heavy atom. The van der Waals surface area contributed by atoms with Crippen molar-refractivity contribution in [2.75, 3.05) is 0 Å². The largest absolute Gasteiger partial charge is 0.489 e. The Morgan fingerprint density at radius 3 is 2.75 bits per heavy atom. The first-order valence-corrected chi connectivity index (χ1v) is 6.51. The minimum atomic E-state index is -0.278. The molecule has 20 heavy (non-hydrogen) atoms. The van der Waals surface area contributed by atoms with Crippen molar-refractivity contribution in [3.8, 4) is 11.8 Å². The lowest BCUT2D eigenvalue weighted by Crippen LogP contribution is -2.01. The first kappa shape index (κ1) is 14.2. The molecule has 0 radical (unpaired) electrons. The average molecular weight is 283 g/mol. The predicted octanol–water partition coefficient (Wildman–Crippen LogP) is 3.52. The molecule has 0 aliphatic rings. The van der Waals surface area contributed by atoms with Crippen molar-refractivity contribution in [3.63, 3.8) is 0 Å². The van der Waals surface area contributed by atoms with Crippen LogP contribution >= 0.6 is 12.6 Å². The molecule has 0 heterocycles. The number of carbonyl (C=O) groups is 1. The number of rotatable bonds is 4. The number of nitrogens with zero attached hydrogens (tertiary/aromatic N) is 1. The fourth-order valence-corrected chi connectivity index (χ4v) is 2.14. The van der Waals surface area contributed by atoms with Gasteiger partial charge in [-0.25, -0.2) is 0 Å². The summed E-state index contributed by atoms with van der Waals surface area (Å²) in [5.74, 6) is 0.646. The van der Waals surface area contributed by atoms with E-state index in [4.69, 9.17) is 10.00 Å². The van der Waals surface area contributed by atoms with E-state index in [9.17, 15) is 4.79 Å². The number of benzene rings is 2. The zero-order chi connectivity index (χ0) is 14.5. The molecule has 0 aliphatic carbocycles. The smallest absolute Gasteiger partial charge is 0.216 e. The van der Waals surface area contributed by atoms with Gasteiger partial charge in [0.05, 0.1) is 11.6 Å². The van der Waals surface area contributed by atoms with Gasteiger partial charge in [0, 0.05) is 11.1 Å². The molecule has 0 aliphatic heterocycles. The molecule has 0 spiro atoms. The van der Waals surface area contributed by atoms with Crippen LogP contribution in [0, 0.1) is 18.3 Å². The third-order valence-corrected chi connectivity index (χ3v) is 3.21. The molecule has 0 amide bonds. The number of hydrogen-bond donors (Lipinski definition) is 1. The van der Waals surface area contributed by atoms with Crippen molar-refractivity contribution >= 4 is 17.7 Å². The van der Waals surface area contributed by atoms with Gasteiger partial charge in [-0.2, -0.15) is 5.26 Å². The predicted molar refractivity (Wildman–Crippen MR) is 80.0 cm³/mol. The second kappa shape index (κ2) is 6.27. The topological polar surface area (TPSA) is 50.1 Å². The second-order valence-corrected chi connectivity index (χ2v) is 4.74. The third-order valence-electron chi connectivity index (χ3n) is 2.96. The van der Waals surface area contributed by atoms with Gasteiger partial charge in [-0.3, -0.25) is 4.79 Å². The van der Waals surface area contributed by atoms with Gasteiger partial charge < -0.3 is 4.74 Å². The molecule has 100 valence electrons. The van der Waals surface area contributed by atoms with Gasteiger partial charge in [-0.15, -0.1) is 12.6 Å². The Morgan fingerprint density at radius 2 is 2.05 bits per heavy atom. The van der Waals surface area contributed by atoms with Gasteiger partial charge in [-0.05, 0) is 36.8 Å². The van der Waals surface area contributed by atoms with Crippen molar-refractivity contribution < 1.29 is 9.53 Å². The highest BCUT2D eigenvalue weighted by molar-refractivity contribution is 7.97. The zero-order valence-electron chi connectivity index (χ0n) is 11.0. The molecule has 0 fully saturated rings. The highest BCUT2D eigenvalue weighted by atomic mass is 32.1. The number of ether oxygens (including phenoxy) is 1. The monoisotopic (exact) mass is 283 g/mol. The SMILES string of the molecule is Cc1c(OCc2cccc(C#N)c2)cccc1C(=O)S. The first-order valence-electron chi connectivity index (χ1n) is 6.06. The van der Waals surface area contributed by atoms with E-state index in [1.54, 1.807) is 24.3 Å². The summed E-state index contributed by atoms with van der Waals surface area (Å²) >= 11 is 3.84. The maximum Gasteiger partial charge on any atom is 0.216 e. The summed E-state index contributed by atoms with van der Waals surface area (Å²) in [6.45, 7) is 2.17. The number of carbonyl (C=O) groups excluding carboxylic acids is 1. The van der Waals surface area contributed by atoms with E-state index in [2.05, 4.69) is 18.7 Å². The molecule has 0 N–H and O–H groups in total. The van der Waals surface area contributed by atoms with Crippen molar-refractivity contribution in [3.05, 3.63) is 64.7 Å². The first-order chi connectivity index (χ1) is 9.61. The van der Waals surface area contributed by atoms with Crippen molar-refractivity contribution in [1.29, 1.82) is 5.26 Å². The van der Waals surface area contributed by atoms with E-state index in [1.165, 1.54) is 0 Å². The minimum absolute atomic E-state index is 0.278. The molecule has 0 bridgehead atoms. The number of nitriles is 1. The average Bonchev–Trinajstić information content (AvgIpc) is 2.46. The summed E-state index contributed by atoms with van der Waals surface area (Å²) in [4.78, 5) is 11.3. The van der Waals surface area contributed by atoms with Crippen LogP contribution in [0.1, 0.15) is 27.0 Å². The van der Waals surface area contributed by atoms with E-state index in [1.807, 2.05) is 25.1 Å². The van der Waals surface area contributed by atoms with Gasteiger partial charge in [0.25, 0.3) is 0 Å². The van der Waals surface area contributed by atoms with Gasteiger partial charge in [0.1, 0.15) is 12.4 Å². The Bertz CT molecular complexity index is 689. The van der Waals surface area contributed by atoms with Crippen LogP contribution in [0.15, 0.2) is 42.5 Å². The van der Waals surface area contributed by atoms with Crippen LogP contribution < -0.4 is 4.74 Å². The van der Waals surface area contributed by atoms with Crippen molar-refractivity contribution in [2.45, 2.75) is 13.5 Å². The van der Waals surface area contributed by atoms with Crippen LogP contribution in [0.4, 0.5) is 0 Å². The lowest BCUT2D eigenvalue weighted by molar-refractivity contribution is 0.109. The highest BCUT2D eigenvalue weighted by Crippen LogP contribution is 2.23. The van der Waals surface area contributed by atoms with Crippen molar-refractivity contribution in [2.24, 2.45) is 0 Å². The maximum atomic E-state index is 11.3. The number of thiol groups is 1. The Balaban J connectivity index is 2.17. The fourth-order valence-electron chi connectivity index (χ4n) is 1.89. The molecule has 3 nitrogen and oxygen atoms in total. The minimum Gasteiger partial charge on any atom is -0.489 e. The summed E-state index contributed by atoms with van der Waals surface area (Å²) in [6, 6.07) is 14.6. The summed E-state index contributed by atoms with van der Waals surface area (Å²) in [5, 5.41) is 8.57. The van der Waals surface area contributed by atoms with Crippen LogP contribution in [-0.2, 0) is 6.61 Å². The summed E-state index contributed by atoms with van der Waals surface area (Å²) in [5.41, 5.74) is 2.81. The molecule has 2 aromatic carbocycles. The quantitative estimate of drug-likeness (QED) is 0.873. The second-order valence-electron chi connectivity index (χ2n) is 4.33. The fraction of sp³-hybridized carbons (Fsp3) is 0.125.